The van der Waals surface area contributed by atoms with Crippen LogP contribution in [-0.2, 0) is 14.4 Å². The average molecular weight is 368 g/mol. The summed E-state index contributed by atoms with van der Waals surface area (Å²) in [4.78, 5) is 35.5. The number of benzene rings is 1. The first kappa shape index (κ1) is 16.4. The van der Waals surface area contributed by atoms with E-state index in [4.69, 9.17) is 34.8 Å². The molecular weight excluding hydrogens is 361 g/mol. The maximum absolute atomic E-state index is 12.2. The van der Waals surface area contributed by atoms with Gasteiger partial charge in [-0.2, -0.15) is 0 Å². The van der Waals surface area contributed by atoms with Crippen LogP contribution in [0.1, 0.15) is 6.42 Å². The van der Waals surface area contributed by atoms with Gasteiger partial charge in [0.2, 0.25) is 11.8 Å². The Hall–Kier alpha value is -0.950. The molecule has 0 bridgehead atoms. The van der Waals surface area contributed by atoms with Crippen LogP contribution in [-0.4, -0.2) is 28.8 Å². The second-order valence-corrected chi connectivity index (χ2v) is 6.57. The molecule has 0 aliphatic carbocycles. The lowest BCUT2D eigenvalue weighted by Gasteiger charge is -2.17. The van der Waals surface area contributed by atoms with Crippen LogP contribution in [0, 0.1) is 0 Å². The number of nitrogens with zero attached hydrogens (tertiary/aromatic N) is 1. The summed E-state index contributed by atoms with van der Waals surface area (Å²) in [5.74, 6) is -2.68. The molecular formula is C12H7Cl3NO4S-. The van der Waals surface area contributed by atoms with Crippen molar-refractivity contribution in [2.45, 2.75) is 11.7 Å². The predicted molar refractivity (Wildman–Crippen MR) is 79.8 cm³/mol. The van der Waals surface area contributed by atoms with Crippen LogP contribution < -0.4 is 10.0 Å². The minimum atomic E-state index is -1.30. The molecule has 5 nitrogen and oxygen atoms in total. The molecule has 1 saturated heterocycles. The molecule has 1 atom stereocenters. The highest BCUT2D eigenvalue weighted by molar-refractivity contribution is 8.01. The third-order valence-electron chi connectivity index (χ3n) is 2.74. The fourth-order valence-electron chi connectivity index (χ4n) is 1.84. The Morgan fingerprint density at radius 2 is 1.86 bits per heavy atom. The molecule has 21 heavy (non-hydrogen) atoms. The van der Waals surface area contributed by atoms with Gasteiger partial charge in [0, 0.05) is 12.2 Å². The van der Waals surface area contributed by atoms with Crippen molar-refractivity contribution in [1.82, 2.24) is 0 Å². The first-order valence-corrected chi connectivity index (χ1v) is 7.82. The number of carboxylic acids is 1. The molecule has 1 aliphatic heterocycles. The summed E-state index contributed by atoms with van der Waals surface area (Å²) < 4.78 is 0. The molecule has 112 valence electrons. The van der Waals surface area contributed by atoms with Crippen LogP contribution in [0.3, 0.4) is 0 Å². The fraction of sp³-hybridized carbons (Fsp3) is 0.250. The van der Waals surface area contributed by atoms with Gasteiger partial charge >= 0.3 is 0 Å². The van der Waals surface area contributed by atoms with E-state index in [1.54, 1.807) is 0 Å². The molecule has 2 amide bonds. The fourth-order valence-corrected chi connectivity index (χ4v) is 3.31. The molecule has 0 spiro atoms. The van der Waals surface area contributed by atoms with Gasteiger partial charge < -0.3 is 9.90 Å². The first-order valence-electron chi connectivity index (χ1n) is 5.64. The zero-order valence-electron chi connectivity index (χ0n) is 10.3. The number of carboxylic acid groups (broad SMARTS) is 1. The van der Waals surface area contributed by atoms with Crippen LogP contribution in [0.25, 0.3) is 0 Å². The van der Waals surface area contributed by atoms with Crippen LogP contribution >= 0.6 is 46.6 Å². The summed E-state index contributed by atoms with van der Waals surface area (Å²) in [5, 5.41) is 10.1. The van der Waals surface area contributed by atoms with Crippen molar-refractivity contribution in [2.75, 3.05) is 10.7 Å². The number of carbonyl (C=O) groups is 3. The number of amides is 2. The van der Waals surface area contributed by atoms with E-state index in [0.29, 0.717) is 0 Å². The third kappa shape index (κ3) is 3.45. The Labute approximate surface area is 139 Å². The van der Waals surface area contributed by atoms with Gasteiger partial charge in [-0.3, -0.25) is 9.59 Å². The van der Waals surface area contributed by atoms with Crippen molar-refractivity contribution in [3.63, 3.8) is 0 Å². The summed E-state index contributed by atoms with van der Waals surface area (Å²) >= 11 is 18.5. The molecule has 9 heteroatoms. The molecule has 1 aliphatic rings. The molecule has 0 unspecified atom stereocenters. The summed E-state index contributed by atoms with van der Waals surface area (Å²) in [7, 11) is 0. The number of rotatable bonds is 4. The van der Waals surface area contributed by atoms with Gasteiger partial charge in [0.1, 0.15) is 0 Å². The van der Waals surface area contributed by atoms with Crippen LogP contribution in [0.5, 0.6) is 0 Å². The SMILES string of the molecule is O=C([O-])CS[C@@H]1CC(=O)N(c2cc(Cl)c(Cl)cc2Cl)C1=O. The number of carbonyl (C=O) groups excluding carboxylic acids is 3. The number of thioether (sulfide) groups is 1. The second kappa shape index (κ2) is 6.44. The molecule has 1 heterocycles. The van der Waals surface area contributed by atoms with E-state index in [1.807, 2.05) is 0 Å². The zero-order valence-corrected chi connectivity index (χ0v) is 13.4. The summed E-state index contributed by atoms with van der Waals surface area (Å²) in [6, 6.07) is 2.66. The molecule has 0 aromatic heterocycles. The van der Waals surface area contributed by atoms with Crippen LogP contribution in [0.2, 0.25) is 15.1 Å². The van der Waals surface area contributed by atoms with Gasteiger partial charge in [-0.05, 0) is 12.1 Å². The number of anilines is 1. The van der Waals surface area contributed by atoms with E-state index in [2.05, 4.69) is 0 Å². The van der Waals surface area contributed by atoms with Crippen molar-refractivity contribution in [3.05, 3.63) is 27.2 Å². The summed E-state index contributed by atoms with van der Waals surface area (Å²) in [5.41, 5.74) is 0.137. The Balaban J connectivity index is 2.28. The quantitative estimate of drug-likeness (QED) is 0.598. The van der Waals surface area contributed by atoms with E-state index in [0.717, 1.165) is 16.7 Å². The maximum Gasteiger partial charge on any atom is 0.247 e. The Morgan fingerprint density at radius 1 is 1.24 bits per heavy atom. The van der Waals surface area contributed by atoms with Gasteiger partial charge in [0.25, 0.3) is 0 Å². The Bertz CT molecular complexity index is 637. The lowest BCUT2D eigenvalue weighted by Crippen LogP contribution is -2.32. The number of imide groups is 1. The molecule has 1 aromatic carbocycles. The second-order valence-electron chi connectivity index (χ2n) is 4.16. The normalized spacial score (nSPS) is 18.4. The van der Waals surface area contributed by atoms with Crippen LogP contribution in [0.15, 0.2) is 12.1 Å². The van der Waals surface area contributed by atoms with Crippen molar-refractivity contribution < 1.29 is 19.5 Å². The number of hydrogen-bond acceptors (Lipinski definition) is 5. The average Bonchev–Trinajstić information content (AvgIpc) is 2.67. The molecule has 0 radical (unpaired) electrons. The molecule has 1 fully saturated rings. The lowest BCUT2D eigenvalue weighted by molar-refractivity contribution is -0.301. The van der Waals surface area contributed by atoms with E-state index in [1.165, 1.54) is 12.1 Å². The van der Waals surface area contributed by atoms with E-state index < -0.39 is 23.0 Å². The van der Waals surface area contributed by atoms with Gasteiger partial charge in [-0.1, -0.05) is 34.8 Å². The van der Waals surface area contributed by atoms with Crippen molar-refractivity contribution in [3.8, 4) is 0 Å². The van der Waals surface area contributed by atoms with E-state index in [9.17, 15) is 19.5 Å². The minimum absolute atomic E-state index is 0.104. The zero-order chi connectivity index (χ0) is 15.7. The standard InChI is InChI=1S/C12H8Cl3NO4S/c13-5-1-7(15)8(2-6(5)14)16-10(17)3-9(12(16)20)21-4-11(18)19/h1-2,9H,3-4H2,(H,18,19)/p-1/t9-/m1/s1. The van der Waals surface area contributed by atoms with E-state index in [-0.39, 0.29) is 32.9 Å². The molecule has 2 rings (SSSR count). The topological polar surface area (TPSA) is 77.5 Å². The summed E-state index contributed by atoms with van der Waals surface area (Å²) in [6.07, 6.45) is -0.104. The minimum Gasteiger partial charge on any atom is -0.549 e. The van der Waals surface area contributed by atoms with Gasteiger partial charge in [-0.25, -0.2) is 4.90 Å². The highest BCUT2D eigenvalue weighted by atomic mass is 35.5. The lowest BCUT2D eigenvalue weighted by atomic mass is 10.3. The number of halogens is 3. The van der Waals surface area contributed by atoms with Gasteiger partial charge in [0.15, 0.2) is 0 Å². The third-order valence-corrected chi connectivity index (χ3v) is 4.94. The van der Waals surface area contributed by atoms with Gasteiger partial charge in [-0.15, -0.1) is 11.8 Å². The first-order chi connectivity index (χ1) is 9.81. The molecule has 1 aromatic rings. The smallest absolute Gasteiger partial charge is 0.247 e. The largest absolute Gasteiger partial charge is 0.549 e. The van der Waals surface area contributed by atoms with Crippen LogP contribution in [0.4, 0.5) is 5.69 Å². The highest BCUT2D eigenvalue weighted by Gasteiger charge is 2.40. The number of hydrogen-bond donors (Lipinski definition) is 0. The summed E-state index contributed by atoms with van der Waals surface area (Å²) in [6.45, 7) is 0. The van der Waals surface area contributed by atoms with Crippen molar-refractivity contribution in [1.29, 1.82) is 0 Å². The van der Waals surface area contributed by atoms with Crippen molar-refractivity contribution in [2.24, 2.45) is 0 Å². The highest BCUT2D eigenvalue weighted by Crippen LogP contribution is 2.38. The van der Waals surface area contributed by atoms with E-state index >= 15 is 0 Å². The Morgan fingerprint density at radius 3 is 2.48 bits per heavy atom. The maximum atomic E-state index is 12.2. The van der Waals surface area contributed by atoms with Crippen molar-refractivity contribution >= 4 is 70.0 Å². The Kier molecular flexibility index (Phi) is 5.03. The predicted octanol–water partition coefficient (Wildman–Crippen LogP) is 1.76. The molecule has 0 N–H and O–H groups in total. The van der Waals surface area contributed by atoms with Gasteiger partial charge in [0.05, 0.1) is 32.0 Å². The number of aliphatic carboxylic acids is 1. The molecule has 0 saturated carbocycles. The monoisotopic (exact) mass is 366 g/mol.